The van der Waals surface area contributed by atoms with Gasteiger partial charge in [-0.3, -0.25) is 4.79 Å². The summed E-state index contributed by atoms with van der Waals surface area (Å²) in [4.78, 5) is 15.7. The number of hydrogen-bond acceptors (Lipinski definition) is 4. The first-order chi connectivity index (χ1) is 15.7. The van der Waals surface area contributed by atoms with Crippen LogP contribution in [0.3, 0.4) is 0 Å². The molecule has 5 nitrogen and oxygen atoms in total. The first-order valence-electron chi connectivity index (χ1n) is 11.0. The second-order valence-corrected chi connectivity index (χ2v) is 7.92. The highest BCUT2D eigenvalue weighted by Crippen LogP contribution is 2.30. The highest BCUT2D eigenvalue weighted by molar-refractivity contribution is 6.00. The van der Waals surface area contributed by atoms with Gasteiger partial charge in [0.15, 0.2) is 11.5 Å². The zero-order valence-electron chi connectivity index (χ0n) is 18.6. The fraction of sp³-hybridized carbons (Fsp3) is 0.296. The van der Waals surface area contributed by atoms with Gasteiger partial charge in [0.1, 0.15) is 0 Å². The Bertz CT molecular complexity index is 1040. The fourth-order valence-electron chi connectivity index (χ4n) is 4.16. The van der Waals surface area contributed by atoms with Gasteiger partial charge in [0.05, 0.1) is 20.3 Å². The van der Waals surface area contributed by atoms with Crippen LogP contribution in [-0.2, 0) is 11.3 Å². The third kappa shape index (κ3) is 4.94. The highest BCUT2D eigenvalue weighted by atomic mass is 16.5. The second-order valence-electron chi connectivity index (χ2n) is 7.92. The van der Waals surface area contributed by atoms with E-state index in [1.54, 1.807) is 14.2 Å². The van der Waals surface area contributed by atoms with Crippen LogP contribution in [-0.4, -0.2) is 44.3 Å². The molecule has 1 unspecified atom stereocenters. The van der Waals surface area contributed by atoms with Gasteiger partial charge in [-0.1, -0.05) is 54.6 Å². The minimum atomic E-state index is -0.00487. The largest absolute Gasteiger partial charge is 0.493 e. The number of methoxy groups -OCH3 is 2. The average Bonchev–Trinajstić information content (AvgIpc) is 3.37. The molecule has 0 saturated carbocycles. The Morgan fingerprint density at radius 3 is 2.44 bits per heavy atom. The minimum absolute atomic E-state index is 0.00487. The molecule has 0 N–H and O–H groups in total. The molecule has 5 heteroatoms. The van der Waals surface area contributed by atoms with E-state index in [2.05, 4.69) is 0 Å². The van der Waals surface area contributed by atoms with Crippen LogP contribution in [0, 0.1) is 0 Å². The van der Waals surface area contributed by atoms with E-state index >= 15 is 0 Å². The van der Waals surface area contributed by atoms with Gasteiger partial charge in [0.2, 0.25) is 0 Å². The number of hydrogen-bond donors (Lipinski definition) is 0. The summed E-state index contributed by atoms with van der Waals surface area (Å²) in [6.45, 7) is 1.77. The summed E-state index contributed by atoms with van der Waals surface area (Å²) in [6, 6.07) is 23.6. The molecule has 0 bridgehead atoms. The minimum Gasteiger partial charge on any atom is -0.493 e. The number of carbonyl (C=O) groups is 1. The summed E-state index contributed by atoms with van der Waals surface area (Å²) in [7, 11) is 3.23. The predicted molar refractivity (Wildman–Crippen MR) is 125 cm³/mol. The zero-order chi connectivity index (χ0) is 22.3. The van der Waals surface area contributed by atoms with Crippen LogP contribution in [0.25, 0.3) is 11.1 Å². The second kappa shape index (κ2) is 10.3. The van der Waals surface area contributed by atoms with Crippen LogP contribution < -0.4 is 9.47 Å². The number of ether oxygens (including phenoxy) is 3. The molecule has 1 atom stereocenters. The Kier molecular flexibility index (Phi) is 7.07. The van der Waals surface area contributed by atoms with Crippen molar-refractivity contribution in [1.29, 1.82) is 0 Å². The molecular formula is C27H29NO4. The standard InChI is InChI=1S/C27H29NO4/c1-30-25-15-14-20(17-26(25)31-2)18-28(19-22-11-8-16-32-22)27(29)24-13-7-6-12-23(24)21-9-4-3-5-10-21/h3-7,9-10,12-15,17,22H,8,11,16,18-19H2,1-2H3. The maximum atomic E-state index is 13.8. The van der Waals surface area contributed by atoms with Crippen LogP contribution in [0.15, 0.2) is 72.8 Å². The summed E-state index contributed by atoms with van der Waals surface area (Å²) in [6.07, 6.45) is 2.06. The molecule has 0 aromatic heterocycles. The van der Waals surface area contributed by atoms with Gasteiger partial charge in [-0.15, -0.1) is 0 Å². The molecule has 1 aliphatic rings. The maximum Gasteiger partial charge on any atom is 0.254 e. The van der Waals surface area contributed by atoms with Crippen molar-refractivity contribution >= 4 is 5.91 Å². The number of carbonyl (C=O) groups excluding carboxylic acids is 1. The van der Waals surface area contributed by atoms with Crippen LogP contribution in [0.1, 0.15) is 28.8 Å². The number of benzene rings is 3. The molecule has 3 aromatic carbocycles. The van der Waals surface area contributed by atoms with Gasteiger partial charge in [-0.05, 0) is 47.7 Å². The maximum absolute atomic E-state index is 13.8. The van der Waals surface area contributed by atoms with Crippen molar-refractivity contribution in [3.63, 3.8) is 0 Å². The van der Waals surface area contributed by atoms with Crippen LogP contribution in [0.4, 0.5) is 0 Å². The van der Waals surface area contributed by atoms with Crippen LogP contribution in [0.5, 0.6) is 11.5 Å². The summed E-state index contributed by atoms with van der Waals surface area (Å²) in [5.41, 5.74) is 3.63. The molecule has 1 saturated heterocycles. The number of amides is 1. The summed E-state index contributed by atoms with van der Waals surface area (Å²) in [5.74, 6) is 1.32. The molecular weight excluding hydrogens is 402 g/mol. The summed E-state index contributed by atoms with van der Waals surface area (Å²) < 4.78 is 16.7. The lowest BCUT2D eigenvalue weighted by Crippen LogP contribution is -2.37. The zero-order valence-corrected chi connectivity index (χ0v) is 18.6. The van der Waals surface area contributed by atoms with E-state index in [0.29, 0.717) is 30.2 Å². The predicted octanol–water partition coefficient (Wildman–Crippen LogP) is 5.19. The summed E-state index contributed by atoms with van der Waals surface area (Å²) >= 11 is 0. The van der Waals surface area contributed by atoms with E-state index in [0.717, 1.165) is 36.1 Å². The van der Waals surface area contributed by atoms with Gasteiger partial charge in [0.25, 0.3) is 5.91 Å². The SMILES string of the molecule is COc1ccc(CN(CC2CCCO2)C(=O)c2ccccc2-c2ccccc2)cc1OC. The Morgan fingerprint density at radius 1 is 0.969 bits per heavy atom. The molecule has 3 aromatic rings. The van der Waals surface area contributed by atoms with Crippen molar-refractivity contribution in [1.82, 2.24) is 4.90 Å². The van der Waals surface area contributed by atoms with E-state index in [4.69, 9.17) is 14.2 Å². The van der Waals surface area contributed by atoms with E-state index in [1.807, 2.05) is 77.7 Å². The normalized spacial score (nSPS) is 15.4. The van der Waals surface area contributed by atoms with Crippen molar-refractivity contribution in [3.05, 3.63) is 83.9 Å². The Balaban J connectivity index is 1.66. The lowest BCUT2D eigenvalue weighted by molar-refractivity contribution is 0.0507. The van der Waals surface area contributed by atoms with Crippen molar-refractivity contribution in [2.45, 2.75) is 25.5 Å². The lowest BCUT2D eigenvalue weighted by atomic mass is 9.98. The Morgan fingerprint density at radius 2 is 1.72 bits per heavy atom. The van der Waals surface area contributed by atoms with E-state index in [1.165, 1.54) is 0 Å². The lowest BCUT2D eigenvalue weighted by Gasteiger charge is -2.27. The molecule has 4 rings (SSSR count). The molecule has 32 heavy (non-hydrogen) atoms. The molecule has 0 aliphatic carbocycles. The van der Waals surface area contributed by atoms with E-state index in [9.17, 15) is 4.79 Å². The highest BCUT2D eigenvalue weighted by Gasteiger charge is 2.25. The molecule has 0 spiro atoms. The third-order valence-electron chi connectivity index (χ3n) is 5.80. The monoisotopic (exact) mass is 431 g/mol. The Hall–Kier alpha value is -3.31. The van der Waals surface area contributed by atoms with Gasteiger partial charge in [0, 0.05) is 25.3 Å². The summed E-state index contributed by atoms with van der Waals surface area (Å²) in [5, 5.41) is 0. The molecule has 1 heterocycles. The molecule has 1 amide bonds. The number of rotatable bonds is 8. The quantitative estimate of drug-likeness (QED) is 0.492. The van der Waals surface area contributed by atoms with Crippen LogP contribution in [0.2, 0.25) is 0 Å². The average molecular weight is 432 g/mol. The van der Waals surface area contributed by atoms with Crippen molar-refractivity contribution in [3.8, 4) is 22.6 Å². The molecule has 166 valence electrons. The van der Waals surface area contributed by atoms with Crippen molar-refractivity contribution < 1.29 is 19.0 Å². The van der Waals surface area contributed by atoms with Gasteiger partial charge < -0.3 is 19.1 Å². The first kappa shape index (κ1) is 21.9. The van der Waals surface area contributed by atoms with E-state index < -0.39 is 0 Å². The Labute approximate surface area is 189 Å². The molecule has 0 radical (unpaired) electrons. The van der Waals surface area contributed by atoms with Crippen molar-refractivity contribution in [2.24, 2.45) is 0 Å². The fourth-order valence-corrected chi connectivity index (χ4v) is 4.16. The van der Waals surface area contributed by atoms with E-state index in [-0.39, 0.29) is 12.0 Å². The van der Waals surface area contributed by atoms with Crippen LogP contribution >= 0.6 is 0 Å². The van der Waals surface area contributed by atoms with Gasteiger partial charge in [-0.25, -0.2) is 0 Å². The third-order valence-corrected chi connectivity index (χ3v) is 5.80. The van der Waals surface area contributed by atoms with Gasteiger partial charge >= 0.3 is 0 Å². The number of nitrogens with zero attached hydrogens (tertiary/aromatic N) is 1. The van der Waals surface area contributed by atoms with Gasteiger partial charge in [-0.2, -0.15) is 0 Å². The molecule has 1 aliphatic heterocycles. The smallest absolute Gasteiger partial charge is 0.254 e. The molecule has 1 fully saturated rings. The first-order valence-corrected chi connectivity index (χ1v) is 11.0. The topological polar surface area (TPSA) is 48.0 Å². The van der Waals surface area contributed by atoms with Crippen molar-refractivity contribution in [2.75, 3.05) is 27.4 Å².